The molecule has 124 valence electrons. The van der Waals surface area contributed by atoms with Crippen LogP contribution in [0.1, 0.15) is 40.7 Å². The molecule has 0 heterocycles. The Morgan fingerprint density at radius 1 is 1.12 bits per heavy atom. The lowest BCUT2D eigenvalue weighted by Crippen LogP contribution is -2.35. The molecule has 24 heavy (non-hydrogen) atoms. The largest absolute Gasteiger partial charge is 0.478 e. The van der Waals surface area contributed by atoms with Crippen molar-refractivity contribution < 1.29 is 14.7 Å². The van der Waals surface area contributed by atoms with Gasteiger partial charge < -0.3 is 10.4 Å². The number of carbonyl (C=O) groups excluding carboxylic acids is 1. The number of carboxylic acids is 1. The van der Waals surface area contributed by atoms with E-state index in [0.717, 1.165) is 18.4 Å². The maximum absolute atomic E-state index is 12.3. The quantitative estimate of drug-likeness (QED) is 0.838. The maximum atomic E-state index is 12.3. The van der Waals surface area contributed by atoms with Gasteiger partial charge in [-0.2, -0.15) is 0 Å². The number of hydrogen-bond donors (Lipinski definition) is 2. The summed E-state index contributed by atoms with van der Waals surface area (Å²) in [5.74, 6) is -1.05. The van der Waals surface area contributed by atoms with Crippen LogP contribution in [0.5, 0.6) is 0 Å². The number of halogens is 1. The molecule has 1 saturated carbocycles. The van der Waals surface area contributed by atoms with Crippen LogP contribution in [0.25, 0.3) is 0 Å². The van der Waals surface area contributed by atoms with Gasteiger partial charge in [0.05, 0.1) is 11.1 Å². The Kier molecular flexibility index (Phi) is 4.58. The summed E-state index contributed by atoms with van der Waals surface area (Å²) in [4.78, 5) is 23.5. The minimum absolute atomic E-state index is 0.0762. The van der Waals surface area contributed by atoms with E-state index in [2.05, 4.69) is 5.32 Å². The Morgan fingerprint density at radius 2 is 1.88 bits per heavy atom. The standard InChI is InChI=1S/C19H18ClNO3/c20-15-6-3-5-14(12-15)19(10-11-19)21-17(22)9-8-13-4-1-2-7-16(13)18(23)24/h1-7,12H,8-11H2,(H,21,22)(H,23,24). The summed E-state index contributed by atoms with van der Waals surface area (Å²) < 4.78 is 0. The van der Waals surface area contributed by atoms with Gasteiger partial charge in [-0.25, -0.2) is 4.79 Å². The van der Waals surface area contributed by atoms with Gasteiger partial charge in [0, 0.05) is 11.4 Å². The van der Waals surface area contributed by atoms with Crippen molar-refractivity contribution in [3.8, 4) is 0 Å². The van der Waals surface area contributed by atoms with E-state index in [-0.39, 0.29) is 23.4 Å². The third-order valence-corrected chi connectivity index (χ3v) is 4.61. The Hall–Kier alpha value is -2.33. The van der Waals surface area contributed by atoms with E-state index in [1.165, 1.54) is 0 Å². The van der Waals surface area contributed by atoms with Gasteiger partial charge in [0.25, 0.3) is 0 Å². The number of amides is 1. The minimum atomic E-state index is -0.969. The molecule has 0 aromatic heterocycles. The van der Waals surface area contributed by atoms with Crippen molar-refractivity contribution in [1.29, 1.82) is 0 Å². The smallest absolute Gasteiger partial charge is 0.335 e. The first kappa shape index (κ1) is 16.5. The van der Waals surface area contributed by atoms with Crippen molar-refractivity contribution in [3.63, 3.8) is 0 Å². The van der Waals surface area contributed by atoms with Crippen molar-refractivity contribution in [1.82, 2.24) is 5.32 Å². The second-order valence-corrected chi connectivity index (χ2v) is 6.54. The summed E-state index contributed by atoms with van der Waals surface area (Å²) in [6.45, 7) is 0. The SMILES string of the molecule is O=C(CCc1ccccc1C(=O)O)NC1(c2cccc(Cl)c2)CC1. The number of aromatic carboxylic acids is 1. The van der Waals surface area contributed by atoms with E-state index in [1.807, 2.05) is 24.3 Å². The highest BCUT2D eigenvalue weighted by atomic mass is 35.5. The number of hydrogen-bond acceptors (Lipinski definition) is 2. The third kappa shape index (κ3) is 3.60. The molecule has 1 fully saturated rings. The van der Waals surface area contributed by atoms with Crippen LogP contribution in [0.15, 0.2) is 48.5 Å². The molecular weight excluding hydrogens is 326 g/mol. The van der Waals surface area contributed by atoms with E-state index in [0.29, 0.717) is 17.0 Å². The average molecular weight is 344 g/mol. The number of carboxylic acid groups (broad SMARTS) is 1. The Balaban J connectivity index is 1.64. The maximum Gasteiger partial charge on any atom is 0.335 e. The molecule has 0 radical (unpaired) electrons. The molecule has 0 bridgehead atoms. The summed E-state index contributed by atoms with van der Waals surface area (Å²) in [5, 5.41) is 12.9. The Bertz CT molecular complexity index is 784. The molecule has 1 aliphatic rings. The molecule has 5 heteroatoms. The highest BCUT2D eigenvalue weighted by Crippen LogP contribution is 2.46. The van der Waals surface area contributed by atoms with E-state index >= 15 is 0 Å². The van der Waals surface area contributed by atoms with Crippen molar-refractivity contribution in [2.45, 2.75) is 31.2 Å². The molecular formula is C19H18ClNO3. The summed E-state index contributed by atoms with van der Waals surface area (Å²) >= 11 is 6.04. The van der Waals surface area contributed by atoms with Gasteiger partial charge in [-0.15, -0.1) is 0 Å². The highest BCUT2D eigenvalue weighted by molar-refractivity contribution is 6.30. The van der Waals surface area contributed by atoms with Crippen LogP contribution in [0.4, 0.5) is 0 Å². The number of aryl methyl sites for hydroxylation is 1. The zero-order chi connectivity index (χ0) is 17.2. The summed E-state index contributed by atoms with van der Waals surface area (Å²) in [6.07, 6.45) is 2.45. The molecule has 4 nitrogen and oxygen atoms in total. The number of nitrogens with one attached hydrogen (secondary N) is 1. The van der Waals surface area contributed by atoms with E-state index in [9.17, 15) is 14.7 Å². The summed E-state index contributed by atoms with van der Waals surface area (Å²) in [7, 11) is 0. The van der Waals surface area contributed by atoms with Crippen molar-refractivity contribution in [2.75, 3.05) is 0 Å². The van der Waals surface area contributed by atoms with Crippen molar-refractivity contribution in [2.24, 2.45) is 0 Å². The zero-order valence-corrected chi connectivity index (χ0v) is 13.8. The first-order chi connectivity index (χ1) is 11.5. The second-order valence-electron chi connectivity index (χ2n) is 6.10. The molecule has 3 rings (SSSR count). The van der Waals surface area contributed by atoms with Gasteiger partial charge in [0.1, 0.15) is 0 Å². The Morgan fingerprint density at radius 3 is 2.54 bits per heavy atom. The molecule has 0 atom stereocenters. The lowest BCUT2D eigenvalue weighted by molar-refractivity contribution is -0.122. The fourth-order valence-electron chi connectivity index (χ4n) is 2.92. The predicted molar refractivity (Wildman–Crippen MR) is 92.2 cm³/mol. The molecule has 2 aromatic carbocycles. The summed E-state index contributed by atoms with van der Waals surface area (Å²) in [5.41, 5.74) is 1.64. The van der Waals surface area contributed by atoms with Crippen LogP contribution in [0.3, 0.4) is 0 Å². The molecule has 2 aromatic rings. The molecule has 1 aliphatic carbocycles. The normalized spacial score (nSPS) is 14.9. The Labute approximate surface area is 145 Å². The lowest BCUT2D eigenvalue weighted by atomic mass is 10.0. The van der Waals surface area contributed by atoms with Crippen LogP contribution in [-0.2, 0) is 16.8 Å². The number of rotatable bonds is 6. The van der Waals surface area contributed by atoms with E-state index < -0.39 is 5.97 Å². The van der Waals surface area contributed by atoms with Crippen LogP contribution >= 0.6 is 11.6 Å². The van der Waals surface area contributed by atoms with Gasteiger partial charge in [-0.3, -0.25) is 4.79 Å². The predicted octanol–water partition coefficient (Wildman–Crippen LogP) is 3.78. The van der Waals surface area contributed by atoms with Crippen molar-refractivity contribution in [3.05, 3.63) is 70.2 Å². The minimum Gasteiger partial charge on any atom is -0.478 e. The highest BCUT2D eigenvalue weighted by Gasteiger charge is 2.45. The van der Waals surface area contributed by atoms with E-state index in [4.69, 9.17) is 11.6 Å². The van der Waals surface area contributed by atoms with Crippen LogP contribution in [0.2, 0.25) is 5.02 Å². The van der Waals surface area contributed by atoms with Gasteiger partial charge in [-0.05, 0) is 48.6 Å². The van der Waals surface area contributed by atoms with Crippen molar-refractivity contribution >= 4 is 23.5 Å². The zero-order valence-electron chi connectivity index (χ0n) is 13.1. The second kappa shape index (κ2) is 6.65. The van der Waals surface area contributed by atoms with E-state index in [1.54, 1.807) is 24.3 Å². The molecule has 0 aliphatic heterocycles. The van der Waals surface area contributed by atoms with Gasteiger partial charge >= 0.3 is 5.97 Å². The van der Waals surface area contributed by atoms with Crippen LogP contribution < -0.4 is 5.32 Å². The van der Waals surface area contributed by atoms with Crippen LogP contribution in [-0.4, -0.2) is 17.0 Å². The fraction of sp³-hybridized carbons (Fsp3) is 0.263. The third-order valence-electron chi connectivity index (χ3n) is 4.38. The monoisotopic (exact) mass is 343 g/mol. The fourth-order valence-corrected chi connectivity index (χ4v) is 3.11. The first-order valence-electron chi connectivity index (χ1n) is 7.88. The van der Waals surface area contributed by atoms with Gasteiger partial charge in [0.2, 0.25) is 5.91 Å². The van der Waals surface area contributed by atoms with Gasteiger partial charge in [0.15, 0.2) is 0 Å². The molecule has 0 spiro atoms. The number of carbonyl (C=O) groups is 2. The summed E-state index contributed by atoms with van der Waals surface area (Å²) in [6, 6.07) is 14.3. The average Bonchev–Trinajstić information content (AvgIpc) is 3.34. The molecule has 1 amide bonds. The molecule has 0 saturated heterocycles. The first-order valence-corrected chi connectivity index (χ1v) is 8.26. The molecule has 0 unspecified atom stereocenters. The topological polar surface area (TPSA) is 66.4 Å². The molecule has 2 N–H and O–H groups in total. The van der Waals surface area contributed by atoms with Gasteiger partial charge in [-0.1, -0.05) is 41.9 Å². The number of benzene rings is 2. The lowest BCUT2D eigenvalue weighted by Gasteiger charge is -2.18. The van der Waals surface area contributed by atoms with Crippen LogP contribution in [0, 0.1) is 0 Å².